The number of nitrogens with one attached hydrogen (secondary N) is 2. The first kappa shape index (κ1) is 12.5. The van der Waals surface area contributed by atoms with E-state index in [1.165, 1.54) is 0 Å². The number of carbonyl (C=O) groups is 1. The van der Waals surface area contributed by atoms with Gasteiger partial charge in [-0.2, -0.15) is 0 Å². The molecule has 0 aromatic carbocycles. The molecule has 1 amide bonds. The predicted octanol–water partition coefficient (Wildman–Crippen LogP) is 0.529. The molecule has 1 aliphatic heterocycles. The van der Waals surface area contributed by atoms with Crippen molar-refractivity contribution in [3.8, 4) is 0 Å². The van der Waals surface area contributed by atoms with Crippen LogP contribution in [0.4, 0.5) is 0 Å². The van der Waals surface area contributed by atoms with Crippen molar-refractivity contribution in [1.29, 1.82) is 0 Å². The molecule has 15 heavy (non-hydrogen) atoms. The van der Waals surface area contributed by atoms with E-state index in [0.29, 0.717) is 0 Å². The van der Waals surface area contributed by atoms with Crippen LogP contribution in [-0.4, -0.2) is 39.3 Å². The molecule has 2 N–H and O–H groups in total. The summed E-state index contributed by atoms with van der Waals surface area (Å²) in [4.78, 5) is 11.8. The minimum atomic E-state index is -0.193. The highest BCUT2D eigenvalue weighted by Gasteiger charge is 2.35. The maximum absolute atomic E-state index is 11.8. The van der Waals surface area contributed by atoms with Gasteiger partial charge in [0.25, 0.3) is 0 Å². The predicted molar refractivity (Wildman–Crippen MR) is 59.7 cm³/mol. The fourth-order valence-electron chi connectivity index (χ4n) is 1.80. The molecule has 88 valence electrons. The minimum Gasteiger partial charge on any atom is -0.385 e. The summed E-state index contributed by atoms with van der Waals surface area (Å²) in [6, 6.07) is 0. The van der Waals surface area contributed by atoms with Crippen molar-refractivity contribution in [2.75, 3.05) is 33.4 Å². The van der Waals surface area contributed by atoms with Crippen molar-refractivity contribution >= 4 is 5.91 Å². The van der Waals surface area contributed by atoms with Gasteiger partial charge in [0, 0.05) is 26.8 Å². The van der Waals surface area contributed by atoms with Crippen molar-refractivity contribution in [2.45, 2.75) is 26.2 Å². The van der Waals surface area contributed by atoms with E-state index in [4.69, 9.17) is 4.74 Å². The Balaban J connectivity index is 2.12. The van der Waals surface area contributed by atoms with Crippen LogP contribution in [0.25, 0.3) is 0 Å². The molecular formula is C11H22N2O2. The number of hydrogen-bond donors (Lipinski definition) is 2. The van der Waals surface area contributed by atoms with Crippen molar-refractivity contribution in [3.05, 3.63) is 0 Å². The molecule has 0 aromatic rings. The summed E-state index contributed by atoms with van der Waals surface area (Å²) in [6.45, 7) is 5.31. The molecule has 1 unspecified atom stereocenters. The van der Waals surface area contributed by atoms with Crippen LogP contribution in [0.2, 0.25) is 0 Å². The Kier molecular flexibility index (Phi) is 5.05. The van der Waals surface area contributed by atoms with Crippen LogP contribution in [0.5, 0.6) is 0 Å². The molecule has 0 aliphatic carbocycles. The molecule has 1 saturated heterocycles. The second kappa shape index (κ2) is 6.08. The lowest BCUT2D eigenvalue weighted by Gasteiger charge is -2.21. The highest BCUT2D eigenvalue weighted by molar-refractivity contribution is 5.82. The lowest BCUT2D eigenvalue weighted by Crippen LogP contribution is -2.40. The molecule has 0 aromatic heterocycles. The maximum atomic E-state index is 11.8. The summed E-state index contributed by atoms with van der Waals surface area (Å²) in [5, 5.41) is 6.21. The van der Waals surface area contributed by atoms with Crippen LogP contribution in [0, 0.1) is 5.41 Å². The average molecular weight is 214 g/mol. The quantitative estimate of drug-likeness (QED) is 0.634. The first-order valence-electron chi connectivity index (χ1n) is 5.67. The van der Waals surface area contributed by atoms with Gasteiger partial charge in [0.2, 0.25) is 5.91 Å². The molecule has 1 fully saturated rings. The van der Waals surface area contributed by atoms with E-state index < -0.39 is 0 Å². The normalized spacial score (nSPS) is 25.5. The van der Waals surface area contributed by atoms with Crippen LogP contribution in [0.15, 0.2) is 0 Å². The zero-order valence-corrected chi connectivity index (χ0v) is 9.77. The summed E-state index contributed by atoms with van der Waals surface area (Å²) in [7, 11) is 1.70. The van der Waals surface area contributed by atoms with Gasteiger partial charge in [-0.1, -0.05) is 0 Å². The Morgan fingerprint density at radius 2 is 2.33 bits per heavy atom. The second-order valence-electron chi connectivity index (χ2n) is 4.44. The highest BCUT2D eigenvalue weighted by atomic mass is 16.5. The molecule has 0 saturated carbocycles. The highest BCUT2D eigenvalue weighted by Crippen LogP contribution is 2.24. The van der Waals surface area contributed by atoms with Gasteiger partial charge in [-0.3, -0.25) is 4.79 Å². The summed E-state index contributed by atoms with van der Waals surface area (Å²) < 4.78 is 4.95. The molecule has 0 spiro atoms. The lowest BCUT2D eigenvalue weighted by atomic mass is 9.89. The van der Waals surface area contributed by atoms with Crippen LogP contribution < -0.4 is 10.6 Å². The average Bonchev–Trinajstić information content (AvgIpc) is 2.66. The third kappa shape index (κ3) is 3.80. The van der Waals surface area contributed by atoms with Gasteiger partial charge < -0.3 is 15.4 Å². The number of carbonyl (C=O) groups excluding carboxylic acids is 1. The monoisotopic (exact) mass is 214 g/mol. The molecule has 4 nitrogen and oxygen atoms in total. The van der Waals surface area contributed by atoms with E-state index in [2.05, 4.69) is 10.6 Å². The number of methoxy groups -OCH3 is 1. The Morgan fingerprint density at radius 3 is 2.93 bits per heavy atom. The van der Waals surface area contributed by atoms with Gasteiger partial charge in [-0.25, -0.2) is 0 Å². The Hall–Kier alpha value is -0.610. The second-order valence-corrected chi connectivity index (χ2v) is 4.44. The van der Waals surface area contributed by atoms with E-state index >= 15 is 0 Å². The van der Waals surface area contributed by atoms with Gasteiger partial charge in [-0.15, -0.1) is 0 Å². The molecule has 0 bridgehead atoms. The van der Waals surface area contributed by atoms with Crippen molar-refractivity contribution < 1.29 is 9.53 Å². The Morgan fingerprint density at radius 1 is 1.53 bits per heavy atom. The van der Waals surface area contributed by atoms with Crippen molar-refractivity contribution in [3.63, 3.8) is 0 Å². The van der Waals surface area contributed by atoms with Gasteiger partial charge in [0.1, 0.15) is 0 Å². The van der Waals surface area contributed by atoms with Gasteiger partial charge in [0.15, 0.2) is 0 Å². The van der Waals surface area contributed by atoms with Crippen LogP contribution in [0.3, 0.4) is 0 Å². The zero-order chi connectivity index (χ0) is 11.1. The number of rotatable bonds is 6. The maximum Gasteiger partial charge on any atom is 0.227 e. The number of amides is 1. The third-order valence-corrected chi connectivity index (χ3v) is 2.98. The molecular weight excluding hydrogens is 192 g/mol. The fourth-order valence-corrected chi connectivity index (χ4v) is 1.80. The summed E-state index contributed by atoms with van der Waals surface area (Å²) in [5.74, 6) is 0.185. The minimum absolute atomic E-state index is 0.185. The lowest BCUT2D eigenvalue weighted by molar-refractivity contribution is -0.129. The van der Waals surface area contributed by atoms with Crippen LogP contribution >= 0.6 is 0 Å². The third-order valence-electron chi connectivity index (χ3n) is 2.98. The fraction of sp³-hybridized carbons (Fsp3) is 0.909. The van der Waals surface area contributed by atoms with Crippen LogP contribution in [-0.2, 0) is 9.53 Å². The van der Waals surface area contributed by atoms with Crippen molar-refractivity contribution in [2.24, 2.45) is 5.41 Å². The number of hydrogen-bond acceptors (Lipinski definition) is 3. The van der Waals surface area contributed by atoms with Gasteiger partial charge in [-0.05, 0) is 32.7 Å². The van der Waals surface area contributed by atoms with E-state index in [0.717, 1.165) is 45.5 Å². The molecule has 1 aliphatic rings. The molecule has 1 atom stereocenters. The summed E-state index contributed by atoms with van der Waals surface area (Å²) in [5.41, 5.74) is -0.193. The van der Waals surface area contributed by atoms with E-state index in [9.17, 15) is 4.79 Å². The van der Waals surface area contributed by atoms with Gasteiger partial charge >= 0.3 is 0 Å². The standard InChI is InChI=1S/C11H22N2O2/c1-11(5-7-12-9-11)10(14)13-6-3-4-8-15-2/h12H,3-9H2,1-2H3,(H,13,14). The summed E-state index contributed by atoms with van der Waals surface area (Å²) in [6.07, 6.45) is 2.94. The topological polar surface area (TPSA) is 50.4 Å². The molecule has 4 heteroatoms. The van der Waals surface area contributed by atoms with E-state index in [-0.39, 0.29) is 11.3 Å². The van der Waals surface area contributed by atoms with E-state index in [1.54, 1.807) is 7.11 Å². The molecule has 0 radical (unpaired) electrons. The Labute approximate surface area is 91.8 Å². The largest absolute Gasteiger partial charge is 0.385 e. The SMILES string of the molecule is COCCCCNC(=O)C1(C)CCNC1. The van der Waals surface area contributed by atoms with E-state index in [1.807, 2.05) is 6.92 Å². The Bertz CT molecular complexity index is 201. The first-order valence-corrected chi connectivity index (χ1v) is 5.67. The molecule has 1 heterocycles. The first-order chi connectivity index (χ1) is 7.19. The van der Waals surface area contributed by atoms with Crippen LogP contribution in [0.1, 0.15) is 26.2 Å². The van der Waals surface area contributed by atoms with Gasteiger partial charge in [0.05, 0.1) is 5.41 Å². The molecule has 1 rings (SSSR count). The number of ether oxygens (including phenoxy) is 1. The summed E-state index contributed by atoms with van der Waals surface area (Å²) >= 11 is 0. The number of unbranched alkanes of at least 4 members (excludes halogenated alkanes) is 1. The smallest absolute Gasteiger partial charge is 0.227 e. The zero-order valence-electron chi connectivity index (χ0n) is 9.77. The van der Waals surface area contributed by atoms with Crippen molar-refractivity contribution in [1.82, 2.24) is 10.6 Å².